The second-order valence-electron chi connectivity index (χ2n) is 11.0. The Balaban J connectivity index is 3.65. The molecule has 0 saturated heterocycles. The normalized spacial score (nSPS) is 14.5. The molecule has 0 heterocycles. The zero-order valence-electron chi connectivity index (χ0n) is 24.1. The van der Waals surface area contributed by atoms with E-state index in [0.29, 0.717) is 17.4 Å². The average Bonchev–Trinajstić information content (AvgIpc) is 2.80. The number of unbranched alkanes of at least 4 members (excludes halogenated alkanes) is 14. The van der Waals surface area contributed by atoms with Crippen molar-refractivity contribution in [3.05, 3.63) is 0 Å². The Labute approximate surface area is 222 Å². The Morgan fingerprint density at radius 2 is 1.31 bits per heavy atom. The minimum absolute atomic E-state index is 0.0295. The zero-order chi connectivity index (χ0) is 27.1. The van der Waals surface area contributed by atoms with Crippen LogP contribution in [0.1, 0.15) is 110 Å². The molecule has 0 rings (SSSR count). The van der Waals surface area contributed by atoms with Gasteiger partial charge in [-0.15, -0.1) is 0 Å². The van der Waals surface area contributed by atoms with Crippen LogP contribution < -0.4 is 5.32 Å². The maximum absolute atomic E-state index is 12.1. The van der Waals surface area contributed by atoms with Crippen molar-refractivity contribution in [3.63, 3.8) is 0 Å². The van der Waals surface area contributed by atoms with Gasteiger partial charge in [-0.1, -0.05) is 96.8 Å². The molecule has 2 atom stereocenters. The number of nitrogens with zero attached hydrogens (tertiary/aromatic N) is 1. The van der Waals surface area contributed by atoms with Gasteiger partial charge in [-0.25, -0.2) is 4.57 Å². The quantitative estimate of drug-likeness (QED) is 0.0773. The van der Waals surface area contributed by atoms with Crippen molar-refractivity contribution < 1.29 is 32.5 Å². The molecule has 0 aromatic carbocycles. The van der Waals surface area contributed by atoms with Gasteiger partial charge in [0.15, 0.2) is 0 Å². The smallest absolute Gasteiger partial charge is 0.377 e. The maximum Gasteiger partial charge on any atom is 0.472 e. The van der Waals surface area contributed by atoms with Crippen LogP contribution in [0.4, 0.5) is 0 Å². The van der Waals surface area contributed by atoms with Crippen LogP contribution in [0.5, 0.6) is 0 Å². The van der Waals surface area contributed by atoms with Gasteiger partial charge < -0.3 is 19.4 Å². The number of quaternary nitrogens is 1. The Bertz CT molecular complexity index is 571. The van der Waals surface area contributed by atoms with E-state index in [9.17, 15) is 14.3 Å². The summed E-state index contributed by atoms with van der Waals surface area (Å²) in [7, 11) is 3.24. The molecule has 2 N–H and O–H groups in total. The Morgan fingerprint density at radius 3 is 1.75 bits per heavy atom. The lowest BCUT2D eigenvalue weighted by Gasteiger charge is -2.24. The summed E-state index contributed by atoms with van der Waals surface area (Å²) in [5.41, 5.74) is 0. The number of nitrogens with one attached hydrogen (secondary N) is 1. The number of carbonyl (C=O) groups is 1. The summed E-state index contributed by atoms with van der Waals surface area (Å²) in [5, 5.41) is 2.82. The number of hydrogen-bond donors (Lipinski definition) is 2. The van der Waals surface area contributed by atoms with E-state index in [1.54, 1.807) is 0 Å². The molecule has 0 aromatic heterocycles. The number of phosphoric ester groups is 1. The van der Waals surface area contributed by atoms with Crippen LogP contribution in [0.3, 0.4) is 0 Å². The molecule has 1 amide bonds. The van der Waals surface area contributed by atoms with E-state index in [2.05, 4.69) is 12.2 Å². The van der Waals surface area contributed by atoms with Crippen molar-refractivity contribution in [2.45, 2.75) is 116 Å². The van der Waals surface area contributed by atoms with E-state index in [-0.39, 0.29) is 25.7 Å². The number of likely N-dealkylation sites (N-methyl/N-ethyl adjacent to an activating group) is 1. The number of amides is 1. The number of methoxy groups -OCH3 is 1. The lowest BCUT2D eigenvalue weighted by Crippen LogP contribution is -2.37. The van der Waals surface area contributed by atoms with Crippen LogP contribution in [0.25, 0.3) is 0 Å². The first-order chi connectivity index (χ1) is 17.1. The number of rotatable bonds is 26. The fourth-order valence-electron chi connectivity index (χ4n) is 3.83. The average molecular weight is 538 g/mol. The van der Waals surface area contributed by atoms with E-state index < -0.39 is 13.9 Å². The van der Waals surface area contributed by atoms with Gasteiger partial charge in [0.2, 0.25) is 5.91 Å². The molecule has 0 aromatic rings. The zero-order valence-corrected chi connectivity index (χ0v) is 25.0. The molecule has 8 nitrogen and oxygen atoms in total. The molecule has 0 aliphatic heterocycles. The van der Waals surface area contributed by atoms with E-state index in [1.165, 1.54) is 90.6 Å². The number of ether oxygens (including phenoxy) is 1. The van der Waals surface area contributed by atoms with E-state index in [1.807, 2.05) is 21.1 Å². The van der Waals surface area contributed by atoms with Gasteiger partial charge in [0.05, 0.1) is 33.9 Å². The Kier molecular flexibility index (Phi) is 22.2. The molecular weight excluding hydrogens is 479 g/mol. The first-order valence-electron chi connectivity index (χ1n) is 14.3. The first kappa shape index (κ1) is 35.5. The van der Waals surface area contributed by atoms with Crippen LogP contribution in [0.2, 0.25) is 0 Å². The SMILES string of the molecule is CCCCCCCCCCCCCCCCCC(=O)NC[C@H](COP(=O)(O)OCC[N+](C)(C)C)OC. The van der Waals surface area contributed by atoms with Crippen LogP contribution in [0, 0.1) is 0 Å². The molecule has 0 bridgehead atoms. The van der Waals surface area contributed by atoms with Gasteiger partial charge in [-0.3, -0.25) is 13.8 Å². The standard InChI is InChI=1S/C27H57N2O6P/c1-6-7-8-9-10-11-12-13-14-15-16-17-18-19-20-21-27(30)28-24-26(33-5)25-35-36(31,32)34-23-22-29(2,3)4/h26H,6-25H2,1-5H3,(H-,28,30,31,32)/p+1/t26-/m1/s1. The first-order valence-corrected chi connectivity index (χ1v) is 15.8. The molecule has 1 unspecified atom stereocenters. The topological polar surface area (TPSA) is 94.1 Å². The maximum atomic E-state index is 12.1. The molecule has 0 aliphatic rings. The summed E-state index contributed by atoms with van der Waals surface area (Å²) < 4.78 is 27.9. The fraction of sp³-hybridized carbons (Fsp3) is 0.963. The molecule has 0 spiro atoms. The highest BCUT2D eigenvalue weighted by Crippen LogP contribution is 2.43. The summed E-state index contributed by atoms with van der Waals surface area (Å²) >= 11 is 0. The predicted octanol–water partition coefficient (Wildman–Crippen LogP) is 6.22. The Morgan fingerprint density at radius 1 is 0.833 bits per heavy atom. The van der Waals surface area contributed by atoms with Crippen LogP contribution in [-0.4, -0.2) is 75.9 Å². The number of hydrogen-bond acceptors (Lipinski definition) is 5. The van der Waals surface area contributed by atoms with Gasteiger partial charge in [0.25, 0.3) is 0 Å². The molecule has 216 valence electrons. The van der Waals surface area contributed by atoms with Crippen LogP contribution in [0.15, 0.2) is 0 Å². The van der Waals surface area contributed by atoms with Gasteiger partial charge in [-0.2, -0.15) is 0 Å². The van der Waals surface area contributed by atoms with Crippen LogP contribution >= 0.6 is 7.82 Å². The van der Waals surface area contributed by atoms with Crippen molar-refractivity contribution in [1.82, 2.24) is 5.32 Å². The third-order valence-corrected chi connectivity index (χ3v) is 7.29. The molecule has 9 heteroatoms. The third-order valence-electron chi connectivity index (χ3n) is 6.31. The van der Waals surface area contributed by atoms with Crippen molar-refractivity contribution in [3.8, 4) is 0 Å². The van der Waals surface area contributed by atoms with E-state index in [4.69, 9.17) is 13.8 Å². The highest BCUT2D eigenvalue weighted by molar-refractivity contribution is 7.47. The van der Waals surface area contributed by atoms with Gasteiger partial charge in [0, 0.05) is 20.1 Å². The molecule has 0 aliphatic carbocycles. The lowest BCUT2D eigenvalue weighted by atomic mass is 10.0. The summed E-state index contributed by atoms with van der Waals surface area (Å²) in [6.45, 7) is 3.06. The minimum atomic E-state index is -4.14. The molecule has 0 saturated carbocycles. The van der Waals surface area contributed by atoms with Gasteiger partial charge >= 0.3 is 7.82 Å². The largest absolute Gasteiger partial charge is 0.472 e. The summed E-state index contributed by atoms with van der Waals surface area (Å²) in [5.74, 6) is -0.0295. The van der Waals surface area contributed by atoms with Crippen LogP contribution in [-0.2, 0) is 23.1 Å². The van der Waals surface area contributed by atoms with Crippen molar-refractivity contribution in [2.75, 3.05) is 54.6 Å². The highest BCUT2D eigenvalue weighted by Gasteiger charge is 2.24. The number of carbonyl (C=O) groups excluding carboxylic acids is 1. The predicted molar refractivity (Wildman–Crippen MR) is 148 cm³/mol. The van der Waals surface area contributed by atoms with Crippen molar-refractivity contribution in [2.24, 2.45) is 0 Å². The summed E-state index contributed by atoms with van der Waals surface area (Å²) in [6, 6.07) is 0. The fourth-order valence-corrected chi connectivity index (χ4v) is 4.57. The molecule has 36 heavy (non-hydrogen) atoms. The number of phosphoric acid groups is 1. The van der Waals surface area contributed by atoms with Crippen molar-refractivity contribution in [1.29, 1.82) is 0 Å². The molecular formula is C27H58N2O6P+. The highest BCUT2D eigenvalue weighted by atomic mass is 31.2. The second-order valence-corrected chi connectivity index (χ2v) is 12.4. The second kappa shape index (κ2) is 22.5. The van der Waals surface area contributed by atoms with E-state index >= 15 is 0 Å². The molecule has 0 fully saturated rings. The minimum Gasteiger partial charge on any atom is -0.377 e. The lowest BCUT2D eigenvalue weighted by molar-refractivity contribution is -0.870. The van der Waals surface area contributed by atoms with E-state index in [0.717, 1.165) is 12.8 Å². The monoisotopic (exact) mass is 537 g/mol. The van der Waals surface area contributed by atoms with Gasteiger partial charge in [-0.05, 0) is 6.42 Å². The Hall–Kier alpha value is -0.500. The molecule has 0 radical (unpaired) electrons. The van der Waals surface area contributed by atoms with Crippen molar-refractivity contribution >= 4 is 13.7 Å². The third kappa shape index (κ3) is 25.2. The van der Waals surface area contributed by atoms with Gasteiger partial charge in [0.1, 0.15) is 13.2 Å². The summed E-state index contributed by atoms with van der Waals surface area (Å²) in [6.07, 6.45) is 19.4. The summed E-state index contributed by atoms with van der Waals surface area (Å²) in [4.78, 5) is 21.9.